The van der Waals surface area contributed by atoms with Crippen LogP contribution < -0.4 is 0 Å². The van der Waals surface area contributed by atoms with Crippen molar-refractivity contribution in [3.05, 3.63) is 84.3 Å². The predicted octanol–water partition coefficient (Wildman–Crippen LogP) is 7.06. The van der Waals surface area contributed by atoms with E-state index in [0.717, 1.165) is 11.2 Å². The van der Waals surface area contributed by atoms with Gasteiger partial charge < -0.3 is 0 Å². The van der Waals surface area contributed by atoms with E-state index in [0.29, 0.717) is 0 Å². The minimum Gasteiger partial charge on any atom is -0.260 e. The van der Waals surface area contributed by atoms with Gasteiger partial charge in [0.1, 0.15) is 0 Å². The van der Waals surface area contributed by atoms with E-state index in [1.165, 1.54) is 21.7 Å². The molecule has 2 aromatic heterocycles. The third-order valence-corrected chi connectivity index (χ3v) is 4.86. The van der Waals surface area contributed by atoms with Gasteiger partial charge in [0.25, 0.3) is 0 Å². The smallest absolute Gasteiger partial charge is 0.0702 e. The zero-order valence-corrected chi connectivity index (χ0v) is 17.8. The third-order valence-electron chi connectivity index (χ3n) is 4.86. The van der Waals surface area contributed by atoms with Crippen LogP contribution in [0.1, 0.15) is 52.8 Å². The van der Waals surface area contributed by atoms with Crippen molar-refractivity contribution in [3.63, 3.8) is 0 Å². The maximum Gasteiger partial charge on any atom is 0.0702 e. The molecule has 2 aromatic carbocycles. The summed E-state index contributed by atoms with van der Waals surface area (Å²) in [6.07, 6.45) is 3.93. The van der Waals surface area contributed by atoms with Crippen molar-refractivity contribution in [1.29, 1.82) is 0 Å². The van der Waals surface area contributed by atoms with Crippen molar-refractivity contribution >= 4 is 21.7 Å². The molecule has 0 amide bonds. The summed E-state index contributed by atoms with van der Waals surface area (Å²) in [6, 6.07) is 21.0. The summed E-state index contributed by atoms with van der Waals surface area (Å²) in [5, 5.41) is 3.70. The Kier molecular flexibility index (Phi) is 5.51. The molecule has 0 aliphatic carbocycles. The van der Waals surface area contributed by atoms with E-state index in [1.807, 2.05) is 30.6 Å². The molecule has 0 N–H and O–H groups in total. The Bertz CT molecular complexity index is 993. The average Bonchev–Trinajstić information content (AvgIpc) is 2.66. The first-order chi connectivity index (χ1) is 13.1. The van der Waals surface area contributed by atoms with Crippen molar-refractivity contribution in [1.82, 2.24) is 9.97 Å². The molecule has 0 unspecified atom stereocenters. The predicted molar refractivity (Wildman–Crippen MR) is 121 cm³/mol. The summed E-state index contributed by atoms with van der Waals surface area (Å²) in [4.78, 5) is 8.93. The van der Waals surface area contributed by atoms with E-state index in [9.17, 15) is 0 Å². The summed E-state index contributed by atoms with van der Waals surface area (Å²) in [7, 11) is 0. The van der Waals surface area contributed by atoms with Gasteiger partial charge in [-0.1, -0.05) is 84.0 Å². The molecule has 0 saturated heterocycles. The van der Waals surface area contributed by atoms with Crippen LogP contribution in [0.15, 0.2) is 73.1 Å². The van der Waals surface area contributed by atoms with E-state index >= 15 is 0 Å². The Morgan fingerprint density at radius 1 is 0.571 bits per heavy atom. The fourth-order valence-electron chi connectivity index (χ4n) is 2.97. The average molecular weight is 371 g/mol. The molecule has 0 atom stereocenters. The number of para-hydroxylation sites is 1. The van der Waals surface area contributed by atoms with Crippen LogP contribution in [-0.4, -0.2) is 9.97 Å². The molecule has 2 heterocycles. The van der Waals surface area contributed by atoms with Gasteiger partial charge in [0.2, 0.25) is 0 Å². The van der Waals surface area contributed by atoms with Crippen LogP contribution in [0, 0.1) is 0 Å². The first kappa shape index (κ1) is 20.0. The fraction of sp³-hybridized carbons (Fsp3) is 0.308. The van der Waals surface area contributed by atoms with E-state index in [1.54, 1.807) is 0 Å². The Morgan fingerprint density at radius 3 is 1.82 bits per heavy atom. The molecule has 0 bridgehead atoms. The van der Waals surface area contributed by atoms with Crippen LogP contribution in [0.3, 0.4) is 0 Å². The van der Waals surface area contributed by atoms with E-state index in [-0.39, 0.29) is 10.8 Å². The van der Waals surface area contributed by atoms with Crippen LogP contribution >= 0.6 is 0 Å². The van der Waals surface area contributed by atoms with Crippen LogP contribution in [0.5, 0.6) is 0 Å². The molecule has 2 heteroatoms. The van der Waals surface area contributed by atoms with Crippen molar-refractivity contribution in [2.45, 2.75) is 52.4 Å². The first-order valence-electron chi connectivity index (χ1n) is 9.85. The second-order valence-corrected chi connectivity index (χ2v) is 9.33. The second-order valence-electron chi connectivity index (χ2n) is 9.33. The molecule has 0 spiro atoms. The number of rotatable bonds is 0. The van der Waals surface area contributed by atoms with Crippen LogP contribution in [-0.2, 0) is 10.8 Å². The number of hydrogen-bond acceptors (Lipinski definition) is 2. The molecule has 4 rings (SSSR count). The summed E-state index contributed by atoms with van der Waals surface area (Å²) < 4.78 is 0. The lowest BCUT2D eigenvalue weighted by molar-refractivity contribution is 0.570. The van der Waals surface area contributed by atoms with Gasteiger partial charge in [-0.3, -0.25) is 9.97 Å². The fourth-order valence-corrected chi connectivity index (χ4v) is 2.97. The second kappa shape index (κ2) is 7.71. The lowest BCUT2D eigenvalue weighted by Crippen LogP contribution is -2.12. The third kappa shape index (κ3) is 4.75. The SMILES string of the molecule is CC(C)(C)c1cc2ccccc2cn1.CC(C)(C)c1cnc2ccccc2c1. The zero-order valence-electron chi connectivity index (χ0n) is 17.8. The molecule has 0 radical (unpaired) electrons. The summed E-state index contributed by atoms with van der Waals surface area (Å²) in [5.74, 6) is 0. The maximum atomic E-state index is 4.48. The molecule has 4 aromatic rings. The van der Waals surface area contributed by atoms with Crippen molar-refractivity contribution in [3.8, 4) is 0 Å². The highest BCUT2D eigenvalue weighted by Crippen LogP contribution is 2.24. The molecule has 144 valence electrons. The largest absolute Gasteiger partial charge is 0.260 e. The molecular formula is C26H30N2. The minimum absolute atomic E-state index is 0.129. The molecular weight excluding hydrogens is 340 g/mol. The van der Waals surface area contributed by atoms with Gasteiger partial charge in [0, 0.05) is 34.3 Å². The van der Waals surface area contributed by atoms with E-state index in [2.05, 4.69) is 94.0 Å². The van der Waals surface area contributed by atoms with Crippen molar-refractivity contribution in [2.24, 2.45) is 0 Å². The van der Waals surface area contributed by atoms with Crippen molar-refractivity contribution < 1.29 is 0 Å². The summed E-state index contributed by atoms with van der Waals surface area (Å²) in [5.41, 5.74) is 3.81. The van der Waals surface area contributed by atoms with Gasteiger partial charge in [-0.05, 0) is 34.6 Å². The monoisotopic (exact) mass is 370 g/mol. The summed E-state index contributed by atoms with van der Waals surface area (Å²) in [6.45, 7) is 13.2. The topological polar surface area (TPSA) is 25.8 Å². The quantitative estimate of drug-likeness (QED) is 0.331. The van der Waals surface area contributed by atoms with Gasteiger partial charge in [0.15, 0.2) is 0 Å². The van der Waals surface area contributed by atoms with E-state index in [4.69, 9.17) is 0 Å². The number of benzene rings is 2. The first-order valence-corrected chi connectivity index (χ1v) is 9.85. The van der Waals surface area contributed by atoms with Crippen LogP contribution in [0.25, 0.3) is 21.7 Å². The molecule has 0 aliphatic heterocycles. The lowest BCUT2D eigenvalue weighted by Gasteiger charge is -2.18. The van der Waals surface area contributed by atoms with Crippen molar-refractivity contribution in [2.75, 3.05) is 0 Å². The van der Waals surface area contributed by atoms with Gasteiger partial charge in [-0.2, -0.15) is 0 Å². The van der Waals surface area contributed by atoms with E-state index < -0.39 is 0 Å². The normalized spacial score (nSPS) is 11.9. The standard InChI is InChI=1S/2C13H15N/c1-13(2,3)11-8-10-6-4-5-7-12(10)14-9-11;1-13(2,3)12-8-10-6-4-5-7-11(10)9-14-12/h2*4-9H,1-3H3. The molecule has 28 heavy (non-hydrogen) atoms. The van der Waals surface area contributed by atoms with Gasteiger partial charge in [-0.25, -0.2) is 0 Å². The van der Waals surface area contributed by atoms with Gasteiger partial charge in [-0.15, -0.1) is 0 Å². The minimum atomic E-state index is 0.129. The highest BCUT2D eigenvalue weighted by atomic mass is 14.7. The van der Waals surface area contributed by atoms with Crippen LogP contribution in [0.2, 0.25) is 0 Å². The maximum absolute atomic E-state index is 4.48. The Hall–Kier alpha value is -2.74. The Balaban J connectivity index is 0.000000161. The number of nitrogens with zero attached hydrogens (tertiary/aromatic N) is 2. The van der Waals surface area contributed by atoms with Crippen LogP contribution in [0.4, 0.5) is 0 Å². The number of pyridine rings is 2. The lowest BCUT2D eigenvalue weighted by atomic mass is 9.88. The van der Waals surface area contributed by atoms with Gasteiger partial charge in [0.05, 0.1) is 5.52 Å². The molecule has 0 fully saturated rings. The Morgan fingerprint density at radius 2 is 1.18 bits per heavy atom. The van der Waals surface area contributed by atoms with Gasteiger partial charge >= 0.3 is 0 Å². The Labute approximate surface area is 168 Å². The number of aromatic nitrogens is 2. The zero-order chi connectivity index (χ0) is 20.4. The molecule has 2 nitrogen and oxygen atoms in total. The number of hydrogen-bond donors (Lipinski definition) is 0. The summed E-state index contributed by atoms with van der Waals surface area (Å²) >= 11 is 0. The molecule has 0 aliphatic rings. The highest BCUT2D eigenvalue weighted by Gasteiger charge is 2.15. The number of fused-ring (bicyclic) bond motifs is 2. The molecule has 0 saturated carbocycles. The highest BCUT2D eigenvalue weighted by molar-refractivity contribution is 5.82.